The number of aliphatic hydroxyl groups is 1. The van der Waals surface area contributed by atoms with E-state index in [0.29, 0.717) is 17.1 Å². The minimum Gasteiger partial charge on any atom is -0.493 e. The molecule has 1 aliphatic heterocycles. The molecule has 0 bridgehead atoms. The molecule has 0 aliphatic carbocycles. The standard InChI is InChI=1S/C19H17F3N2O4/c1-27-15-7-2-3-8-16(15)28-12-13-5-4-6-14(11-13)17(25)24-18(26,9-10-23-24)19(20,21)22/h2-8,10-11,26H,9,12H2,1H3/t18-/m0/s1. The van der Waals surface area contributed by atoms with Crippen LogP contribution in [0.4, 0.5) is 13.2 Å². The fraction of sp³-hybridized carbons (Fsp3) is 0.263. The van der Waals surface area contributed by atoms with E-state index in [0.717, 1.165) is 6.21 Å². The molecule has 0 aromatic heterocycles. The molecule has 0 spiro atoms. The third kappa shape index (κ3) is 3.65. The fourth-order valence-corrected chi connectivity index (χ4v) is 2.70. The zero-order chi connectivity index (χ0) is 20.4. The summed E-state index contributed by atoms with van der Waals surface area (Å²) < 4.78 is 50.4. The van der Waals surface area contributed by atoms with Gasteiger partial charge in [-0.05, 0) is 29.8 Å². The van der Waals surface area contributed by atoms with Gasteiger partial charge in [0.25, 0.3) is 11.6 Å². The smallest absolute Gasteiger partial charge is 0.438 e. The van der Waals surface area contributed by atoms with Crippen molar-refractivity contribution in [2.75, 3.05) is 7.11 Å². The number of para-hydroxylation sites is 2. The van der Waals surface area contributed by atoms with Gasteiger partial charge in [0.15, 0.2) is 11.5 Å². The second-order valence-electron chi connectivity index (χ2n) is 6.07. The van der Waals surface area contributed by atoms with Crippen molar-refractivity contribution in [3.05, 3.63) is 59.7 Å². The minimum atomic E-state index is -5.04. The van der Waals surface area contributed by atoms with Gasteiger partial charge in [-0.1, -0.05) is 24.3 Å². The van der Waals surface area contributed by atoms with Gasteiger partial charge >= 0.3 is 6.18 Å². The molecule has 2 aromatic carbocycles. The van der Waals surface area contributed by atoms with Crippen LogP contribution in [-0.4, -0.2) is 41.2 Å². The Bertz CT molecular complexity index is 901. The average Bonchev–Trinajstić information content (AvgIpc) is 3.09. The van der Waals surface area contributed by atoms with Crippen LogP contribution < -0.4 is 9.47 Å². The summed E-state index contributed by atoms with van der Waals surface area (Å²) in [5.74, 6) is -0.0542. The van der Waals surface area contributed by atoms with E-state index >= 15 is 0 Å². The number of carbonyl (C=O) groups excluding carboxylic acids is 1. The van der Waals surface area contributed by atoms with Crippen LogP contribution >= 0.6 is 0 Å². The molecule has 9 heteroatoms. The molecule has 1 aliphatic rings. The summed E-state index contributed by atoms with van der Waals surface area (Å²) in [6.45, 7) is 0.0638. The van der Waals surface area contributed by atoms with Crippen molar-refractivity contribution in [2.45, 2.75) is 24.9 Å². The van der Waals surface area contributed by atoms with Crippen molar-refractivity contribution < 1.29 is 32.5 Å². The number of hydrogen-bond donors (Lipinski definition) is 1. The Labute approximate surface area is 158 Å². The van der Waals surface area contributed by atoms with E-state index in [1.807, 2.05) is 0 Å². The third-order valence-corrected chi connectivity index (χ3v) is 4.21. The zero-order valence-electron chi connectivity index (χ0n) is 14.8. The topological polar surface area (TPSA) is 71.4 Å². The number of amides is 1. The summed E-state index contributed by atoms with van der Waals surface area (Å²) in [6, 6.07) is 12.9. The number of ether oxygens (including phenoxy) is 2. The van der Waals surface area contributed by atoms with E-state index < -0.39 is 24.2 Å². The molecule has 6 nitrogen and oxygen atoms in total. The van der Waals surface area contributed by atoms with Crippen molar-refractivity contribution in [1.29, 1.82) is 0 Å². The maximum absolute atomic E-state index is 13.2. The van der Waals surface area contributed by atoms with Crippen molar-refractivity contribution >= 4 is 12.1 Å². The van der Waals surface area contributed by atoms with Crippen molar-refractivity contribution in [2.24, 2.45) is 5.10 Å². The van der Waals surface area contributed by atoms with Gasteiger partial charge in [-0.2, -0.15) is 23.3 Å². The Balaban J connectivity index is 1.78. The lowest BCUT2D eigenvalue weighted by atomic mass is 10.1. The molecular weight excluding hydrogens is 377 g/mol. The van der Waals surface area contributed by atoms with Gasteiger partial charge in [-0.3, -0.25) is 4.79 Å². The van der Waals surface area contributed by atoms with Gasteiger partial charge in [0.05, 0.1) is 7.11 Å². The van der Waals surface area contributed by atoms with Crippen LogP contribution in [0, 0.1) is 0 Å². The lowest BCUT2D eigenvalue weighted by Crippen LogP contribution is -2.56. The van der Waals surface area contributed by atoms with Crippen LogP contribution in [0.1, 0.15) is 22.3 Å². The zero-order valence-corrected chi connectivity index (χ0v) is 14.8. The number of hydrazone groups is 1. The fourth-order valence-electron chi connectivity index (χ4n) is 2.70. The highest BCUT2D eigenvalue weighted by atomic mass is 19.4. The first-order chi connectivity index (χ1) is 13.3. The summed E-state index contributed by atoms with van der Waals surface area (Å²) in [6.07, 6.45) is -5.00. The SMILES string of the molecule is COc1ccccc1OCc1cccc(C(=O)N2N=CC[C@]2(O)C(F)(F)F)c1. The molecule has 28 heavy (non-hydrogen) atoms. The highest BCUT2D eigenvalue weighted by Gasteiger charge is 2.61. The minimum absolute atomic E-state index is 0.0529. The summed E-state index contributed by atoms with van der Waals surface area (Å²) in [7, 11) is 1.50. The Kier molecular flexibility index (Phi) is 5.28. The Hall–Kier alpha value is -3.07. The van der Waals surface area contributed by atoms with E-state index in [1.54, 1.807) is 30.3 Å². The molecule has 1 amide bonds. The Morgan fingerprint density at radius 2 is 1.93 bits per heavy atom. The van der Waals surface area contributed by atoms with E-state index in [4.69, 9.17) is 9.47 Å². The summed E-state index contributed by atoms with van der Waals surface area (Å²) in [4.78, 5) is 12.5. The number of methoxy groups -OCH3 is 1. The first-order valence-electron chi connectivity index (χ1n) is 8.27. The molecule has 148 valence electrons. The number of rotatable bonds is 5. The molecule has 0 radical (unpaired) electrons. The average molecular weight is 394 g/mol. The van der Waals surface area contributed by atoms with Gasteiger partial charge in [0, 0.05) is 18.2 Å². The maximum atomic E-state index is 13.2. The number of nitrogens with zero attached hydrogens (tertiary/aromatic N) is 2. The second kappa shape index (κ2) is 7.51. The molecule has 0 saturated carbocycles. The summed E-state index contributed by atoms with van der Waals surface area (Å²) >= 11 is 0. The Morgan fingerprint density at radius 1 is 1.21 bits per heavy atom. The van der Waals surface area contributed by atoms with E-state index in [2.05, 4.69) is 5.10 Å². The first kappa shape index (κ1) is 19.7. The summed E-state index contributed by atoms with van der Waals surface area (Å²) in [5, 5.41) is 13.4. The predicted molar refractivity (Wildman–Crippen MR) is 94.1 cm³/mol. The van der Waals surface area contributed by atoms with Gasteiger partial charge in [-0.15, -0.1) is 0 Å². The van der Waals surface area contributed by atoms with Crippen molar-refractivity contribution in [3.63, 3.8) is 0 Å². The molecule has 1 N–H and O–H groups in total. The van der Waals surface area contributed by atoms with Crippen LogP contribution in [0.5, 0.6) is 11.5 Å². The maximum Gasteiger partial charge on any atom is 0.438 e. The number of halogens is 3. The van der Waals surface area contributed by atoms with Crippen molar-refractivity contribution in [1.82, 2.24) is 5.01 Å². The molecule has 0 fully saturated rings. The van der Waals surface area contributed by atoms with Crippen molar-refractivity contribution in [3.8, 4) is 11.5 Å². The molecule has 0 unspecified atom stereocenters. The number of carbonyl (C=O) groups is 1. The predicted octanol–water partition coefficient (Wildman–Crippen LogP) is 3.36. The number of hydrogen-bond acceptors (Lipinski definition) is 5. The van der Waals surface area contributed by atoms with Gasteiger partial charge in [-0.25, -0.2) is 0 Å². The van der Waals surface area contributed by atoms with Crippen LogP contribution in [-0.2, 0) is 6.61 Å². The van der Waals surface area contributed by atoms with Crippen LogP contribution in [0.3, 0.4) is 0 Å². The molecule has 2 aromatic rings. The Morgan fingerprint density at radius 3 is 2.61 bits per heavy atom. The highest BCUT2D eigenvalue weighted by molar-refractivity contribution is 5.96. The monoisotopic (exact) mass is 394 g/mol. The summed E-state index contributed by atoms with van der Waals surface area (Å²) in [5.41, 5.74) is -2.85. The van der Waals surface area contributed by atoms with E-state index in [1.165, 1.54) is 25.3 Å². The molecule has 1 atom stereocenters. The largest absolute Gasteiger partial charge is 0.493 e. The quantitative estimate of drug-likeness (QED) is 0.844. The van der Waals surface area contributed by atoms with Gasteiger partial charge in [0.1, 0.15) is 6.61 Å². The first-order valence-corrected chi connectivity index (χ1v) is 8.27. The number of alkyl halides is 3. The van der Waals surface area contributed by atoms with Crippen LogP contribution in [0.2, 0.25) is 0 Å². The molecule has 1 heterocycles. The van der Waals surface area contributed by atoms with Crippen LogP contribution in [0.15, 0.2) is 53.6 Å². The van der Waals surface area contributed by atoms with Crippen LogP contribution in [0.25, 0.3) is 0 Å². The number of benzene rings is 2. The van der Waals surface area contributed by atoms with E-state index in [9.17, 15) is 23.1 Å². The molecule has 3 rings (SSSR count). The highest BCUT2D eigenvalue weighted by Crippen LogP contribution is 2.39. The third-order valence-electron chi connectivity index (χ3n) is 4.21. The second-order valence-corrected chi connectivity index (χ2v) is 6.07. The molecular formula is C19H17F3N2O4. The van der Waals surface area contributed by atoms with E-state index in [-0.39, 0.29) is 17.2 Å². The lowest BCUT2D eigenvalue weighted by Gasteiger charge is -2.32. The molecule has 0 saturated heterocycles. The van der Waals surface area contributed by atoms with Gasteiger partial charge in [0.2, 0.25) is 0 Å². The lowest BCUT2D eigenvalue weighted by molar-refractivity contribution is -0.297. The normalized spacial score (nSPS) is 19.0. The van der Waals surface area contributed by atoms with Gasteiger partial charge < -0.3 is 14.6 Å².